The Morgan fingerprint density at radius 1 is 1.44 bits per heavy atom. The molecule has 1 aromatic heterocycles. The van der Waals surface area contributed by atoms with Crippen LogP contribution in [-0.2, 0) is 9.53 Å². The molecule has 1 unspecified atom stereocenters. The summed E-state index contributed by atoms with van der Waals surface area (Å²) in [4.78, 5) is 26.8. The molecule has 1 aromatic rings. The number of carbonyl (C=O) groups is 2. The van der Waals surface area contributed by atoms with Crippen molar-refractivity contribution in [1.29, 1.82) is 0 Å². The van der Waals surface area contributed by atoms with Crippen LogP contribution in [0.5, 0.6) is 0 Å². The standard InChI is InChI=1S/C13H18N2O3/c1-9-6-5-7-10(14-9)11(8-16)15-12(17)18-13(2,3)4/h5-8,11H,1-4H3,(H,15,17). The molecule has 0 radical (unpaired) electrons. The molecule has 0 aromatic carbocycles. The first-order chi connectivity index (χ1) is 8.31. The van der Waals surface area contributed by atoms with Gasteiger partial charge in [0.05, 0.1) is 5.69 Å². The number of pyridine rings is 1. The Labute approximate surface area is 107 Å². The Kier molecular flexibility index (Phi) is 4.42. The van der Waals surface area contributed by atoms with Crippen LogP contribution in [0, 0.1) is 6.92 Å². The van der Waals surface area contributed by atoms with E-state index in [9.17, 15) is 9.59 Å². The summed E-state index contributed by atoms with van der Waals surface area (Å²) in [6.07, 6.45) is -0.00555. The summed E-state index contributed by atoms with van der Waals surface area (Å²) in [6, 6.07) is 4.49. The Balaban J connectivity index is 2.74. The number of hydrogen-bond acceptors (Lipinski definition) is 4. The zero-order valence-corrected chi connectivity index (χ0v) is 11.1. The molecule has 98 valence electrons. The van der Waals surface area contributed by atoms with Gasteiger partial charge in [-0.25, -0.2) is 4.79 Å². The Hall–Kier alpha value is -1.91. The van der Waals surface area contributed by atoms with E-state index in [1.54, 1.807) is 32.9 Å². The van der Waals surface area contributed by atoms with Gasteiger partial charge in [0.1, 0.15) is 17.9 Å². The first kappa shape index (κ1) is 14.2. The van der Waals surface area contributed by atoms with Gasteiger partial charge in [-0.2, -0.15) is 0 Å². The zero-order chi connectivity index (χ0) is 13.8. The molecular weight excluding hydrogens is 232 g/mol. The Bertz CT molecular complexity index is 438. The van der Waals surface area contributed by atoms with E-state index in [1.807, 2.05) is 13.0 Å². The van der Waals surface area contributed by atoms with Crippen LogP contribution in [-0.4, -0.2) is 23.0 Å². The van der Waals surface area contributed by atoms with Crippen LogP contribution in [0.4, 0.5) is 4.79 Å². The molecule has 0 saturated carbocycles. The molecule has 5 nitrogen and oxygen atoms in total. The van der Waals surface area contributed by atoms with Crippen LogP contribution in [0.25, 0.3) is 0 Å². The summed E-state index contributed by atoms with van der Waals surface area (Å²) in [6.45, 7) is 7.09. The van der Waals surface area contributed by atoms with E-state index >= 15 is 0 Å². The first-order valence-corrected chi connectivity index (χ1v) is 5.70. The molecule has 0 aliphatic carbocycles. The number of nitrogens with zero attached hydrogens (tertiary/aromatic N) is 1. The van der Waals surface area contributed by atoms with Crippen molar-refractivity contribution in [1.82, 2.24) is 10.3 Å². The van der Waals surface area contributed by atoms with E-state index < -0.39 is 17.7 Å². The van der Waals surface area contributed by atoms with Gasteiger partial charge in [-0.1, -0.05) is 6.07 Å². The summed E-state index contributed by atoms with van der Waals surface area (Å²) in [5, 5.41) is 2.48. The average Bonchev–Trinajstić information content (AvgIpc) is 2.23. The maximum absolute atomic E-state index is 11.6. The SMILES string of the molecule is Cc1cccc(C(C=O)NC(=O)OC(C)(C)C)n1. The number of aromatic nitrogens is 1. The second kappa shape index (κ2) is 5.62. The molecule has 1 atom stereocenters. The summed E-state index contributed by atoms with van der Waals surface area (Å²) in [5.74, 6) is 0. The minimum absolute atomic E-state index is 0.496. The smallest absolute Gasteiger partial charge is 0.408 e. The number of hydrogen-bond donors (Lipinski definition) is 1. The minimum atomic E-state index is -0.792. The monoisotopic (exact) mass is 250 g/mol. The van der Waals surface area contributed by atoms with Gasteiger partial charge in [0.25, 0.3) is 0 Å². The molecule has 1 amide bonds. The lowest BCUT2D eigenvalue weighted by molar-refractivity contribution is -0.109. The topological polar surface area (TPSA) is 68.3 Å². The summed E-state index contributed by atoms with van der Waals surface area (Å²) in [7, 11) is 0. The van der Waals surface area contributed by atoms with Crippen LogP contribution in [0.15, 0.2) is 18.2 Å². The van der Waals surface area contributed by atoms with Crippen molar-refractivity contribution in [2.24, 2.45) is 0 Å². The molecule has 0 aliphatic rings. The lowest BCUT2D eigenvalue weighted by Crippen LogP contribution is -2.35. The van der Waals surface area contributed by atoms with Crippen molar-refractivity contribution in [3.05, 3.63) is 29.6 Å². The maximum Gasteiger partial charge on any atom is 0.408 e. The average molecular weight is 250 g/mol. The van der Waals surface area contributed by atoms with E-state index in [4.69, 9.17) is 4.74 Å². The molecule has 0 fully saturated rings. The molecule has 1 rings (SSSR count). The van der Waals surface area contributed by atoms with Gasteiger partial charge in [-0.15, -0.1) is 0 Å². The number of carbonyl (C=O) groups excluding carboxylic acids is 2. The molecule has 0 saturated heterocycles. The quantitative estimate of drug-likeness (QED) is 0.835. The Morgan fingerprint density at radius 2 is 2.11 bits per heavy atom. The fourth-order valence-corrected chi connectivity index (χ4v) is 1.35. The van der Waals surface area contributed by atoms with Gasteiger partial charge >= 0.3 is 6.09 Å². The fourth-order valence-electron chi connectivity index (χ4n) is 1.35. The number of amides is 1. The lowest BCUT2D eigenvalue weighted by Gasteiger charge is -2.21. The number of rotatable bonds is 3. The maximum atomic E-state index is 11.6. The molecule has 1 N–H and O–H groups in total. The molecule has 0 spiro atoms. The van der Waals surface area contributed by atoms with Crippen molar-refractivity contribution in [2.45, 2.75) is 39.3 Å². The Morgan fingerprint density at radius 3 is 2.61 bits per heavy atom. The van der Waals surface area contributed by atoms with Crippen molar-refractivity contribution in [3.63, 3.8) is 0 Å². The number of aldehydes is 1. The number of nitrogens with one attached hydrogen (secondary N) is 1. The molecule has 5 heteroatoms. The van der Waals surface area contributed by atoms with Crippen molar-refractivity contribution >= 4 is 12.4 Å². The highest BCUT2D eigenvalue weighted by atomic mass is 16.6. The van der Waals surface area contributed by atoms with Crippen LogP contribution in [0.1, 0.15) is 38.2 Å². The van der Waals surface area contributed by atoms with E-state index in [-0.39, 0.29) is 0 Å². The van der Waals surface area contributed by atoms with Crippen molar-refractivity contribution < 1.29 is 14.3 Å². The minimum Gasteiger partial charge on any atom is -0.444 e. The van der Waals surface area contributed by atoms with Crippen LogP contribution >= 0.6 is 0 Å². The third-order valence-electron chi connectivity index (χ3n) is 2.04. The highest BCUT2D eigenvalue weighted by Crippen LogP contribution is 2.11. The number of aryl methyl sites for hydroxylation is 1. The summed E-state index contributed by atoms with van der Waals surface area (Å²) >= 11 is 0. The largest absolute Gasteiger partial charge is 0.444 e. The predicted molar refractivity (Wildman–Crippen MR) is 67.1 cm³/mol. The molecular formula is C13H18N2O3. The van der Waals surface area contributed by atoms with Gasteiger partial charge in [-0.3, -0.25) is 4.98 Å². The predicted octanol–water partition coefficient (Wildman–Crippen LogP) is 2.15. The second-order valence-corrected chi connectivity index (χ2v) is 4.96. The van der Waals surface area contributed by atoms with Crippen molar-refractivity contribution in [2.75, 3.05) is 0 Å². The van der Waals surface area contributed by atoms with Crippen molar-refractivity contribution in [3.8, 4) is 0 Å². The highest BCUT2D eigenvalue weighted by Gasteiger charge is 2.20. The van der Waals surface area contributed by atoms with E-state index in [2.05, 4.69) is 10.3 Å². The summed E-state index contributed by atoms with van der Waals surface area (Å²) in [5.41, 5.74) is 0.679. The normalized spacial score (nSPS) is 12.7. The molecule has 0 aliphatic heterocycles. The van der Waals surface area contributed by atoms with Gasteiger partial charge in [0.2, 0.25) is 0 Å². The van der Waals surface area contributed by atoms with Crippen LogP contribution < -0.4 is 5.32 Å². The molecule has 1 heterocycles. The van der Waals surface area contributed by atoms with Gasteiger partial charge in [-0.05, 0) is 39.8 Å². The lowest BCUT2D eigenvalue weighted by atomic mass is 10.2. The van der Waals surface area contributed by atoms with Gasteiger partial charge < -0.3 is 14.8 Å². The first-order valence-electron chi connectivity index (χ1n) is 5.70. The van der Waals surface area contributed by atoms with E-state index in [0.717, 1.165) is 5.69 Å². The molecule has 0 bridgehead atoms. The number of ether oxygens (including phenoxy) is 1. The van der Waals surface area contributed by atoms with Crippen LogP contribution in [0.3, 0.4) is 0 Å². The third-order valence-corrected chi connectivity index (χ3v) is 2.04. The van der Waals surface area contributed by atoms with E-state index in [1.165, 1.54) is 0 Å². The fraction of sp³-hybridized carbons (Fsp3) is 0.462. The van der Waals surface area contributed by atoms with Gasteiger partial charge in [0.15, 0.2) is 0 Å². The highest BCUT2D eigenvalue weighted by molar-refractivity contribution is 5.74. The number of alkyl carbamates (subject to hydrolysis) is 1. The second-order valence-electron chi connectivity index (χ2n) is 4.96. The van der Waals surface area contributed by atoms with Crippen LogP contribution in [0.2, 0.25) is 0 Å². The van der Waals surface area contributed by atoms with Gasteiger partial charge in [0, 0.05) is 5.69 Å². The molecule has 18 heavy (non-hydrogen) atoms. The van der Waals surface area contributed by atoms with E-state index in [0.29, 0.717) is 12.0 Å². The zero-order valence-electron chi connectivity index (χ0n) is 11.1. The third kappa shape index (κ3) is 4.53. The summed E-state index contributed by atoms with van der Waals surface area (Å²) < 4.78 is 5.09.